The van der Waals surface area contributed by atoms with E-state index in [1.54, 1.807) is 12.1 Å². The second kappa shape index (κ2) is 5.57. The number of fused-ring (bicyclic) bond motifs is 2. The van der Waals surface area contributed by atoms with Crippen molar-refractivity contribution in [1.82, 2.24) is 0 Å². The molecule has 2 aliphatic rings. The second-order valence-electron chi connectivity index (χ2n) is 5.69. The van der Waals surface area contributed by atoms with Gasteiger partial charge in [0.05, 0.1) is 11.6 Å². The Kier molecular flexibility index (Phi) is 3.80. The minimum atomic E-state index is -0.439. The van der Waals surface area contributed by atoms with Gasteiger partial charge in [0.2, 0.25) is 0 Å². The van der Waals surface area contributed by atoms with Gasteiger partial charge in [-0.1, -0.05) is 6.07 Å². The zero-order chi connectivity index (χ0) is 14.1. The van der Waals surface area contributed by atoms with Crippen LogP contribution in [0.2, 0.25) is 0 Å². The van der Waals surface area contributed by atoms with Crippen LogP contribution in [0.4, 0.5) is 4.39 Å². The Morgan fingerprint density at radius 2 is 2.05 bits per heavy atom. The van der Waals surface area contributed by atoms with E-state index in [4.69, 9.17) is 5.26 Å². The van der Waals surface area contributed by atoms with Gasteiger partial charge in [0.1, 0.15) is 11.6 Å². The number of thioether (sulfide) groups is 1. The summed E-state index contributed by atoms with van der Waals surface area (Å²) in [7, 11) is 0. The highest BCUT2D eigenvalue weighted by Gasteiger charge is 2.37. The van der Waals surface area contributed by atoms with Crippen LogP contribution >= 0.6 is 11.8 Å². The van der Waals surface area contributed by atoms with Crippen LogP contribution in [0.15, 0.2) is 18.2 Å². The van der Waals surface area contributed by atoms with Gasteiger partial charge in [0.15, 0.2) is 0 Å². The highest BCUT2D eigenvalue weighted by atomic mass is 32.2. The first-order valence-electron chi connectivity index (χ1n) is 7.02. The summed E-state index contributed by atoms with van der Waals surface area (Å²) >= 11 is 2.03. The normalized spacial score (nSPS) is 28.1. The van der Waals surface area contributed by atoms with Gasteiger partial charge in [-0.05, 0) is 43.4 Å². The maximum Gasteiger partial charge on any atom is 0.140 e. The molecule has 2 bridgehead atoms. The van der Waals surface area contributed by atoms with Crippen LogP contribution in [0, 0.1) is 23.1 Å². The lowest BCUT2D eigenvalue weighted by Gasteiger charge is -2.26. The molecule has 0 spiro atoms. The number of ketones is 1. The average molecular weight is 289 g/mol. The number of nitrogens with zero attached hydrogens (tertiary/aromatic N) is 1. The van der Waals surface area contributed by atoms with Crippen LogP contribution in [0.1, 0.15) is 36.8 Å². The van der Waals surface area contributed by atoms with Crippen molar-refractivity contribution in [3.8, 4) is 6.07 Å². The molecule has 1 aromatic rings. The fourth-order valence-corrected chi connectivity index (χ4v) is 4.99. The molecule has 20 heavy (non-hydrogen) atoms. The Balaban J connectivity index is 1.68. The van der Waals surface area contributed by atoms with Crippen molar-refractivity contribution in [3.63, 3.8) is 0 Å². The number of hydrogen-bond donors (Lipinski definition) is 0. The molecular weight excluding hydrogens is 273 g/mol. The first-order chi connectivity index (χ1) is 9.65. The van der Waals surface area contributed by atoms with Gasteiger partial charge < -0.3 is 0 Å². The Bertz CT molecular complexity index is 568. The molecule has 2 heterocycles. The second-order valence-corrected chi connectivity index (χ2v) is 7.29. The van der Waals surface area contributed by atoms with Crippen LogP contribution < -0.4 is 0 Å². The average Bonchev–Trinajstić information content (AvgIpc) is 2.79. The molecular formula is C16H16FNOS. The zero-order valence-corrected chi connectivity index (χ0v) is 12.0. The van der Waals surface area contributed by atoms with E-state index >= 15 is 0 Å². The first-order valence-corrected chi connectivity index (χ1v) is 7.96. The Morgan fingerprint density at radius 3 is 2.65 bits per heavy atom. The van der Waals surface area contributed by atoms with E-state index in [1.165, 1.54) is 18.9 Å². The van der Waals surface area contributed by atoms with Crippen molar-refractivity contribution in [2.75, 3.05) is 0 Å². The van der Waals surface area contributed by atoms with Gasteiger partial charge in [-0.25, -0.2) is 4.39 Å². The summed E-state index contributed by atoms with van der Waals surface area (Å²) in [4.78, 5) is 12.4. The number of benzene rings is 1. The molecule has 2 atom stereocenters. The van der Waals surface area contributed by atoms with Crippen LogP contribution in [0.3, 0.4) is 0 Å². The van der Waals surface area contributed by atoms with E-state index in [0.717, 1.165) is 12.8 Å². The lowest BCUT2D eigenvalue weighted by Crippen LogP contribution is -2.26. The van der Waals surface area contributed by atoms with Crippen molar-refractivity contribution < 1.29 is 9.18 Å². The molecule has 104 valence electrons. The molecule has 0 aliphatic carbocycles. The Labute approximate surface area is 122 Å². The molecule has 2 aliphatic heterocycles. The molecule has 3 rings (SSSR count). The van der Waals surface area contributed by atoms with Gasteiger partial charge in [0, 0.05) is 22.8 Å². The fraction of sp³-hybridized carbons (Fsp3) is 0.500. The largest absolute Gasteiger partial charge is 0.299 e. The first kappa shape index (κ1) is 13.6. The van der Waals surface area contributed by atoms with Crippen LogP contribution in [0.5, 0.6) is 0 Å². The maximum atomic E-state index is 13.8. The molecule has 0 N–H and O–H groups in total. The SMILES string of the molecule is N#Cc1ccc(CC(=O)C2CC3CCC(C2)S3)c(F)c1. The molecule has 0 radical (unpaired) electrons. The van der Waals surface area contributed by atoms with Gasteiger partial charge in [-0.3, -0.25) is 4.79 Å². The van der Waals surface area contributed by atoms with E-state index < -0.39 is 5.82 Å². The number of carbonyl (C=O) groups excluding carboxylic acids is 1. The number of Topliss-reactive ketones (excluding diaryl/α,β-unsaturated/α-hetero) is 1. The highest BCUT2D eigenvalue weighted by molar-refractivity contribution is 8.00. The molecule has 1 aromatic carbocycles. The molecule has 0 saturated carbocycles. The molecule has 2 nitrogen and oxygen atoms in total. The Hall–Kier alpha value is -1.34. The predicted octanol–water partition coefficient (Wildman–Crippen LogP) is 3.48. The van der Waals surface area contributed by atoms with E-state index in [9.17, 15) is 9.18 Å². The maximum absolute atomic E-state index is 13.8. The number of rotatable bonds is 3. The third-order valence-corrected chi connectivity index (χ3v) is 5.92. The van der Waals surface area contributed by atoms with Gasteiger partial charge in [-0.15, -0.1) is 0 Å². The molecule has 0 aromatic heterocycles. The molecule has 0 amide bonds. The van der Waals surface area contributed by atoms with E-state index in [-0.39, 0.29) is 18.1 Å². The summed E-state index contributed by atoms with van der Waals surface area (Å²) in [5.41, 5.74) is 0.713. The van der Waals surface area contributed by atoms with Crippen molar-refractivity contribution in [1.29, 1.82) is 5.26 Å². The van der Waals surface area contributed by atoms with Gasteiger partial charge in [0.25, 0.3) is 0 Å². The minimum absolute atomic E-state index is 0.101. The molecule has 4 heteroatoms. The summed E-state index contributed by atoms with van der Waals surface area (Å²) in [6.45, 7) is 0. The van der Waals surface area contributed by atoms with Gasteiger partial charge >= 0.3 is 0 Å². The van der Waals surface area contributed by atoms with Gasteiger partial charge in [-0.2, -0.15) is 17.0 Å². The smallest absolute Gasteiger partial charge is 0.140 e. The van der Waals surface area contributed by atoms with Crippen molar-refractivity contribution in [3.05, 3.63) is 35.1 Å². The van der Waals surface area contributed by atoms with Crippen molar-refractivity contribution in [2.24, 2.45) is 5.92 Å². The number of halogens is 1. The van der Waals surface area contributed by atoms with E-state index in [0.29, 0.717) is 21.6 Å². The van der Waals surface area contributed by atoms with E-state index in [1.807, 2.05) is 17.8 Å². The summed E-state index contributed by atoms with van der Waals surface area (Å²) < 4.78 is 13.8. The van der Waals surface area contributed by atoms with Crippen molar-refractivity contribution in [2.45, 2.75) is 42.6 Å². The summed E-state index contributed by atoms with van der Waals surface area (Å²) in [5, 5.41) is 9.98. The van der Waals surface area contributed by atoms with Crippen LogP contribution in [-0.2, 0) is 11.2 Å². The zero-order valence-electron chi connectivity index (χ0n) is 11.1. The highest BCUT2D eigenvalue weighted by Crippen LogP contribution is 2.46. The topological polar surface area (TPSA) is 40.9 Å². The van der Waals surface area contributed by atoms with Crippen LogP contribution in [-0.4, -0.2) is 16.3 Å². The fourth-order valence-electron chi connectivity index (χ4n) is 3.21. The molecule has 2 fully saturated rings. The standard InChI is InChI=1S/C16H16FNOS/c17-15-5-10(9-18)1-2-11(15)8-16(19)12-6-13-3-4-14(7-12)20-13/h1-2,5,12-14H,3-4,6-8H2. The van der Waals surface area contributed by atoms with Crippen molar-refractivity contribution >= 4 is 17.5 Å². The number of nitriles is 1. The lowest BCUT2D eigenvalue weighted by atomic mass is 9.90. The number of hydrogen-bond acceptors (Lipinski definition) is 3. The molecule has 2 saturated heterocycles. The summed E-state index contributed by atoms with van der Waals surface area (Å²) in [6, 6.07) is 6.26. The summed E-state index contributed by atoms with van der Waals surface area (Å²) in [5.74, 6) is -0.180. The Morgan fingerprint density at radius 1 is 1.35 bits per heavy atom. The number of carbonyl (C=O) groups is 1. The van der Waals surface area contributed by atoms with E-state index in [2.05, 4.69) is 0 Å². The minimum Gasteiger partial charge on any atom is -0.299 e. The predicted molar refractivity (Wildman–Crippen MR) is 77.0 cm³/mol. The third kappa shape index (κ3) is 2.73. The monoisotopic (exact) mass is 289 g/mol. The third-order valence-electron chi connectivity index (χ3n) is 4.29. The molecule has 2 unspecified atom stereocenters. The quantitative estimate of drug-likeness (QED) is 0.855. The lowest BCUT2D eigenvalue weighted by molar-refractivity contribution is -0.122. The summed E-state index contributed by atoms with van der Waals surface area (Å²) in [6.07, 6.45) is 4.52. The van der Waals surface area contributed by atoms with Crippen LogP contribution in [0.25, 0.3) is 0 Å².